The largest absolute Gasteiger partial charge is 0.457 e. The predicted octanol–water partition coefficient (Wildman–Crippen LogP) is 3.73. The molecule has 2 heterocycles. The fourth-order valence-corrected chi connectivity index (χ4v) is 2.72. The summed E-state index contributed by atoms with van der Waals surface area (Å²) in [5.74, 6) is 1.03. The Morgan fingerprint density at radius 2 is 2.04 bits per heavy atom. The first-order valence-electron chi connectivity index (χ1n) is 7.17. The van der Waals surface area contributed by atoms with Gasteiger partial charge in [-0.25, -0.2) is 4.98 Å². The maximum absolute atomic E-state index is 12.2. The first kappa shape index (κ1) is 16.1. The number of benzene rings is 1. The SMILES string of the molecule is COCc1nc(C(=O)Nc2cccc(Oc3ccncc3)c2)cs1. The molecule has 0 saturated carbocycles. The van der Waals surface area contributed by atoms with Crippen molar-refractivity contribution in [1.82, 2.24) is 9.97 Å². The third-order valence-electron chi connectivity index (χ3n) is 3.03. The highest BCUT2D eigenvalue weighted by atomic mass is 32.1. The lowest BCUT2D eigenvalue weighted by molar-refractivity contribution is 0.102. The smallest absolute Gasteiger partial charge is 0.275 e. The Morgan fingerprint density at radius 3 is 2.83 bits per heavy atom. The van der Waals surface area contributed by atoms with E-state index in [-0.39, 0.29) is 5.91 Å². The number of ether oxygens (including phenoxy) is 2. The number of carbonyl (C=O) groups excluding carboxylic acids is 1. The first-order chi connectivity index (χ1) is 11.7. The van der Waals surface area contributed by atoms with Gasteiger partial charge < -0.3 is 14.8 Å². The molecule has 0 aliphatic heterocycles. The van der Waals surface area contributed by atoms with Gasteiger partial charge >= 0.3 is 0 Å². The number of nitrogens with one attached hydrogen (secondary N) is 1. The highest BCUT2D eigenvalue weighted by molar-refractivity contribution is 7.09. The molecule has 7 heteroatoms. The van der Waals surface area contributed by atoms with Crippen LogP contribution in [-0.4, -0.2) is 23.0 Å². The average molecular weight is 341 g/mol. The van der Waals surface area contributed by atoms with Gasteiger partial charge in [0.25, 0.3) is 5.91 Å². The second kappa shape index (κ2) is 7.67. The van der Waals surface area contributed by atoms with Gasteiger partial charge in [0.05, 0.1) is 6.61 Å². The lowest BCUT2D eigenvalue weighted by Crippen LogP contribution is -2.12. The van der Waals surface area contributed by atoms with Crippen LogP contribution in [0.3, 0.4) is 0 Å². The highest BCUT2D eigenvalue weighted by Gasteiger charge is 2.11. The van der Waals surface area contributed by atoms with Crippen molar-refractivity contribution in [3.05, 3.63) is 64.9 Å². The second-order valence-electron chi connectivity index (χ2n) is 4.83. The first-order valence-corrected chi connectivity index (χ1v) is 8.05. The molecular weight excluding hydrogens is 326 g/mol. The third kappa shape index (κ3) is 4.15. The van der Waals surface area contributed by atoms with Crippen LogP contribution in [0.5, 0.6) is 11.5 Å². The van der Waals surface area contributed by atoms with Gasteiger partial charge in [0.1, 0.15) is 22.2 Å². The van der Waals surface area contributed by atoms with E-state index in [0.29, 0.717) is 29.5 Å². The van der Waals surface area contributed by atoms with Crippen molar-refractivity contribution in [3.8, 4) is 11.5 Å². The van der Waals surface area contributed by atoms with E-state index in [4.69, 9.17) is 9.47 Å². The fourth-order valence-electron chi connectivity index (χ4n) is 1.98. The average Bonchev–Trinajstić information content (AvgIpc) is 3.05. The van der Waals surface area contributed by atoms with Crippen LogP contribution in [0.1, 0.15) is 15.5 Å². The number of rotatable bonds is 6. The number of pyridine rings is 1. The zero-order valence-electron chi connectivity index (χ0n) is 12.9. The molecule has 1 aromatic carbocycles. The number of hydrogen-bond acceptors (Lipinski definition) is 6. The number of thiazole rings is 1. The fraction of sp³-hybridized carbons (Fsp3) is 0.118. The van der Waals surface area contributed by atoms with Gasteiger partial charge in [-0.05, 0) is 24.3 Å². The lowest BCUT2D eigenvalue weighted by Gasteiger charge is -2.08. The van der Waals surface area contributed by atoms with Crippen LogP contribution in [0.4, 0.5) is 5.69 Å². The standard InChI is InChI=1S/C17H15N3O3S/c1-22-10-16-20-15(11-24-16)17(21)19-12-3-2-4-14(9-12)23-13-5-7-18-8-6-13/h2-9,11H,10H2,1H3,(H,19,21). The Morgan fingerprint density at radius 1 is 1.21 bits per heavy atom. The van der Waals surface area contributed by atoms with Gasteiger partial charge in [-0.2, -0.15) is 0 Å². The van der Waals surface area contributed by atoms with Gasteiger partial charge in [0.2, 0.25) is 0 Å². The Kier molecular flexibility index (Phi) is 5.15. The molecule has 0 radical (unpaired) electrons. The van der Waals surface area contributed by atoms with Crippen LogP contribution in [0, 0.1) is 0 Å². The van der Waals surface area contributed by atoms with Crippen LogP contribution in [0.2, 0.25) is 0 Å². The number of aromatic nitrogens is 2. The summed E-state index contributed by atoms with van der Waals surface area (Å²) in [6, 6.07) is 10.7. The van der Waals surface area contributed by atoms with Gasteiger partial charge in [0.15, 0.2) is 0 Å². The molecule has 0 unspecified atom stereocenters. The molecule has 0 aliphatic rings. The van der Waals surface area contributed by atoms with Crippen molar-refractivity contribution in [2.45, 2.75) is 6.61 Å². The van der Waals surface area contributed by atoms with Crippen LogP contribution in [0.15, 0.2) is 54.2 Å². The summed E-state index contributed by atoms with van der Waals surface area (Å²) < 4.78 is 10.7. The summed E-state index contributed by atoms with van der Waals surface area (Å²) in [6.45, 7) is 0.396. The minimum absolute atomic E-state index is 0.269. The zero-order chi connectivity index (χ0) is 16.8. The molecule has 2 aromatic heterocycles. The maximum Gasteiger partial charge on any atom is 0.275 e. The molecule has 24 heavy (non-hydrogen) atoms. The Balaban J connectivity index is 1.68. The molecular formula is C17H15N3O3S. The number of nitrogens with zero attached hydrogens (tertiary/aromatic N) is 2. The van der Waals surface area contributed by atoms with Gasteiger partial charge in [-0.15, -0.1) is 11.3 Å². The molecule has 3 rings (SSSR count). The number of amides is 1. The quantitative estimate of drug-likeness (QED) is 0.739. The number of methoxy groups -OCH3 is 1. The summed E-state index contributed by atoms with van der Waals surface area (Å²) in [6.07, 6.45) is 3.31. The molecule has 0 bridgehead atoms. The van der Waals surface area contributed by atoms with Crippen LogP contribution < -0.4 is 10.1 Å². The van der Waals surface area contributed by atoms with E-state index >= 15 is 0 Å². The van der Waals surface area contributed by atoms with E-state index in [2.05, 4.69) is 15.3 Å². The van der Waals surface area contributed by atoms with Crippen molar-refractivity contribution < 1.29 is 14.3 Å². The molecule has 122 valence electrons. The van der Waals surface area contributed by atoms with Crippen molar-refractivity contribution >= 4 is 22.9 Å². The molecule has 0 fully saturated rings. The molecule has 6 nitrogen and oxygen atoms in total. The lowest BCUT2D eigenvalue weighted by atomic mass is 10.3. The normalized spacial score (nSPS) is 10.4. The maximum atomic E-state index is 12.2. The summed E-state index contributed by atoms with van der Waals surface area (Å²) in [4.78, 5) is 20.4. The molecule has 0 saturated heterocycles. The number of hydrogen-bond donors (Lipinski definition) is 1. The van der Waals surface area contributed by atoms with Crippen molar-refractivity contribution in [3.63, 3.8) is 0 Å². The van der Waals surface area contributed by atoms with Crippen LogP contribution >= 0.6 is 11.3 Å². The van der Waals surface area contributed by atoms with Crippen molar-refractivity contribution in [2.75, 3.05) is 12.4 Å². The Bertz CT molecular complexity index is 821. The highest BCUT2D eigenvalue weighted by Crippen LogP contribution is 2.24. The van der Waals surface area contributed by atoms with E-state index < -0.39 is 0 Å². The Hall–Kier alpha value is -2.77. The third-order valence-corrected chi connectivity index (χ3v) is 3.85. The van der Waals surface area contributed by atoms with Crippen molar-refractivity contribution in [2.24, 2.45) is 0 Å². The van der Waals surface area contributed by atoms with Crippen molar-refractivity contribution in [1.29, 1.82) is 0 Å². The zero-order valence-corrected chi connectivity index (χ0v) is 13.7. The van der Waals surface area contributed by atoms with E-state index in [0.717, 1.165) is 5.01 Å². The molecule has 3 aromatic rings. The van der Waals surface area contributed by atoms with Gasteiger partial charge in [-0.1, -0.05) is 6.07 Å². The van der Waals surface area contributed by atoms with Gasteiger partial charge in [-0.3, -0.25) is 9.78 Å². The summed E-state index contributed by atoms with van der Waals surface area (Å²) in [5.41, 5.74) is 1.00. The van der Waals surface area contributed by atoms with E-state index in [1.165, 1.54) is 11.3 Å². The summed E-state index contributed by atoms with van der Waals surface area (Å²) >= 11 is 1.39. The molecule has 1 amide bonds. The van der Waals surface area contributed by atoms with E-state index in [9.17, 15) is 4.79 Å². The van der Waals surface area contributed by atoms with E-state index in [1.54, 1.807) is 49.1 Å². The minimum Gasteiger partial charge on any atom is -0.457 e. The Labute approximate surface area is 143 Å². The summed E-state index contributed by atoms with van der Waals surface area (Å²) in [5, 5.41) is 5.28. The second-order valence-corrected chi connectivity index (χ2v) is 5.77. The monoisotopic (exact) mass is 341 g/mol. The topological polar surface area (TPSA) is 73.3 Å². The molecule has 0 spiro atoms. The number of anilines is 1. The molecule has 0 aliphatic carbocycles. The molecule has 0 atom stereocenters. The predicted molar refractivity (Wildman–Crippen MR) is 91.5 cm³/mol. The molecule has 1 N–H and O–H groups in total. The van der Waals surface area contributed by atoms with Gasteiger partial charge in [0, 0.05) is 36.6 Å². The van der Waals surface area contributed by atoms with E-state index in [1.807, 2.05) is 12.1 Å². The van der Waals surface area contributed by atoms with Crippen LogP contribution in [-0.2, 0) is 11.3 Å². The van der Waals surface area contributed by atoms with Crippen LogP contribution in [0.25, 0.3) is 0 Å². The number of carbonyl (C=O) groups is 1. The minimum atomic E-state index is -0.269. The summed E-state index contributed by atoms with van der Waals surface area (Å²) in [7, 11) is 1.59.